The van der Waals surface area contributed by atoms with Crippen LogP contribution in [0.1, 0.15) is 58.8 Å². The van der Waals surface area contributed by atoms with Gasteiger partial charge in [0.05, 0.1) is 12.0 Å². The van der Waals surface area contributed by atoms with Crippen LogP contribution < -0.4 is 16.0 Å². The fourth-order valence-electron chi connectivity index (χ4n) is 6.22. The summed E-state index contributed by atoms with van der Waals surface area (Å²) >= 11 is 6.13. The highest BCUT2D eigenvalue weighted by atomic mass is 35.5. The summed E-state index contributed by atoms with van der Waals surface area (Å²) in [5.41, 5.74) is 0.616. The first-order chi connectivity index (χ1) is 18.5. The average Bonchev–Trinajstić information content (AvgIpc) is 2.87. The number of benzene rings is 1. The maximum absolute atomic E-state index is 15.1. The number of carbonyl (C=O) groups is 3. The van der Waals surface area contributed by atoms with Gasteiger partial charge < -0.3 is 20.9 Å². The number of fused-ring (bicyclic) bond motifs is 3. The number of hydrogen-bond acceptors (Lipinski definition) is 5. The fraction of sp³-hybridized carbons (Fsp3) is 0.643. The van der Waals surface area contributed by atoms with Crippen molar-refractivity contribution in [2.75, 3.05) is 11.9 Å². The molecule has 2 bridgehead atoms. The second kappa shape index (κ2) is 12.1. The number of anilines is 1. The molecule has 0 aromatic heterocycles. The van der Waals surface area contributed by atoms with E-state index in [0.717, 1.165) is 6.42 Å². The van der Waals surface area contributed by atoms with E-state index in [1.54, 1.807) is 24.3 Å². The molecule has 1 aromatic rings. The minimum absolute atomic E-state index is 0.0888. The lowest BCUT2D eigenvalue weighted by molar-refractivity contribution is -0.194. The number of hydrogen-bond donors (Lipinski definition) is 3. The molecule has 1 aliphatic carbocycles. The van der Waals surface area contributed by atoms with E-state index >= 15 is 8.78 Å². The fourth-order valence-corrected chi connectivity index (χ4v) is 6.41. The lowest BCUT2D eigenvalue weighted by Crippen LogP contribution is -2.70. The van der Waals surface area contributed by atoms with Gasteiger partial charge in [0, 0.05) is 35.6 Å². The van der Waals surface area contributed by atoms with Gasteiger partial charge in [-0.1, -0.05) is 31.5 Å². The number of halogens is 3. The Hall–Kier alpha value is -2.93. The Morgan fingerprint density at radius 1 is 1.28 bits per heavy atom. The molecule has 1 aromatic carbocycles. The molecule has 4 fully saturated rings. The topological polar surface area (TPSA) is 114 Å². The summed E-state index contributed by atoms with van der Waals surface area (Å²) in [4.78, 5) is 41.2. The van der Waals surface area contributed by atoms with Crippen molar-refractivity contribution in [3.63, 3.8) is 0 Å². The molecule has 3 saturated heterocycles. The highest BCUT2D eigenvalue weighted by Crippen LogP contribution is 2.49. The SMILES string of the molecule is CC(C)C[C@@H](Nc1cccc(Cl)c1)C(=O)N1[C@H]2CC[C@@H]([C@@H]1C(=O)N[C@@H](C#N)C[C@H]1CCCNC1=O)C(F)(F)C2. The molecule has 4 aliphatic rings. The first-order valence-electron chi connectivity index (χ1n) is 13.7. The Labute approximate surface area is 232 Å². The first-order valence-corrected chi connectivity index (χ1v) is 14.1. The Kier molecular flexibility index (Phi) is 9.00. The summed E-state index contributed by atoms with van der Waals surface area (Å²) in [6.07, 6.45) is 1.85. The highest BCUT2D eigenvalue weighted by Gasteiger charge is 2.61. The average molecular weight is 564 g/mol. The summed E-state index contributed by atoms with van der Waals surface area (Å²) in [6, 6.07) is 4.91. The number of nitrogens with one attached hydrogen (secondary N) is 3. The molecule has 0 unspecified atom stereocenters. The van der Waals surface area contributed by atoms with Crippen molar-refractivity contribution in [3.05, 3.63) is 29.3 Å². The molecule has 0 radical (unpaired) electrons. The van der Waals surface area contributed by atoms with Crippen LogP contribution in [0.5, 0.6) is 0 Å². The Morgan fingerprint density at radius 3 is 2.69 bits per heavy atom. The van der Waals surface area contributed by atoms with Crippen LogP contribution in [0.2, 0.25) is 5.02 Å². The Balaban J connectivity index is 1.58. The van der Waals surface area contributed by atoms with E-state index in [2.05, 4.69) is 16.0 Å². The zero-order chi connectivity index (χ0) is 28.3. The van der Waals surface area contributed by atoms with Gasteiger partial charge in [-0.3, -0.25) is 14.4 Å². The predicted molar refractivity (Wildman–Crippen MR) is 143 cm³/mol. The van der Waals surface area contributed by atoms with Crippen LogP contribution in [0.4, 0.5) is 14.5 Å². The van der Waals surface area contributed by atoms with Gasteiger partial charge in [0.25, 0.3) is 5.92 Å². The van der Waals surface area contributed by atoms with Gasteiger partial charge in [0.2, 0.25) is 17.7 Å². The quantitative estimate of drug-likeness (QED) is 0.418. The van der Waals surface area contributed by atoms with Crippen LogP contribution >= 0.6 is 11.6 Å². The number of rotatable bonds is 9. The maximum Gasteiger partial charge on any atom is 0.255 e. The van der Waals surface area contributed by atoms with E-state index in [-0.39, 0.29) is 24.7 Å². The van der Waals surface area contributed by atoms with Crippen LogP contribution in [-0.2, 0) is 14.4 Å². The molecule has 212 valence electrons. The largest absolute Gasteiger partial charge is 0.374 e. The van der Waals surface area contributed by atoms with Gasteiger partial charge in [-0.05, 0) is 62.6 Å². The minimum atomic E-state index is -3.11. The van der Waals surface area contributed by atoms with Crippen molar-refractivity contribution in [2.24, 2.45) is 17.8 Å². The van der Waals surface area contributed by atoms with Gasteiger partial charge in [0.15, 0.2) is 0 Å². The van der Waals surface area contributed by atoms with E-state index in [1.807, 2.05) is 19.9 Å². The molecule has 1 saturated carbocycles. The van der Waals surface area contributed by atoms with Crippen LogP contribution in [0, 0.1) is 29.1 Å². The minimum Gasteiger partial charge on any atom is -0.374 e. The number of carbonyl (C=O) groups excluding carboxylic acids is 3. The Morgan fingerprint density at radius 2 is 2.05 bits per heavy atom. The Bertz CT molecular complexity index is 1130. The zero-order valence-corrected chi connectivity index (χ0v) is 23.0. The van der Waals surface area contributed by atoms with Gasteiger partial charge in [0.1, 0.15) is 18.1 Å². The molecule has 0 spiro atoms. The molecule has 39 heavy (non-hydrogen) atoms. The molecule has 3 amide bonds. The molecule has 11 heteroatoms. The third kappa shape index (κ3) is 6.63. The lowest BCUT2D eigenvalue weighted by atomic mass is 9.71. The van der Waals surface area contributed by atoms with E-state index in [4.69, 9.17) is 11.6 Å². The van der Waals surface area contributed by atoms with Crippen molar-refractivity contribution in [1.82, 2.24) is 15.5 Å². The van der Waals surface area contributed by atoms with Crippen LogP contribution in [0.25, 0.3) is 0 Å². The van der Waals surface area contributed by atoms with E-state index in [1.165, 1.54) is 4.90 Å². The van der Waals surface area contributed by atoms with Gasteiger partial charge in [-0.2, -0.15) is 5.26 Å². The van der Waals surface area contributed by atoms with Gasteiger partial charge >= 0.3 is 0 Å². The summed E-state index contributed by atoms with van der Waals surface area (Å²) in [5.74, 6) is -6.18. The van der Waals surface area contributed by atoms with E-state index < -0.39 is 60.2 Å². The number of alkyl halides is 2. The second-order valence-corrected chi connectivity index (χ2v) is 11.8. The van der Waals surface area contributed by atoms with Crippen molar-refractivity contribution in [2.45, 2.75) is 88.9 Å². The molecule has 3 heterocycles. The van der Waals surface area contributed by atoms with Crippen molar-refractivity contribution < 1.29 is 23.2 Å². The van der Waals surface area contributed by atoms with E-state index in [9.17, 15) is 19.6 Å². The normalized spacial score (nSPS) is 27.3. The van der Waals surface area contributed by atoms with Crippen molar-refractivity contribution in [1.29, 1.82) is 5.26 Å². The van der Waals surface area contributed by atoms with Crippen LogP contribution in [0.15, 0.2) is 24.3 Å². The standard InChI is InChI=1S/C28H36ClF2N5O3/c1-16(2)11-23(34-19-7-3-6-18(29)13-19)27(39)36-21-8-9-22(28(30,31)14-21)24(36)26(38)35-20(15-32)12-17-5-4-10-33-25(17)37/h3,6-7,13,16-17,20-24,34H,4-5,8-12,14H2,1-2H3,(H,33,37)(H,35,38)/t17-,20-,21+,22+,23-,24-/m1/s1. The maximum atomic E-state index is 15.1. The second-order valence-electron chi connectivity index (χ2n) is 11.4. The summed E-state index contributed by atoms with van der Waals surface area (Å²) in [5, 5.41) is 18.8. The first kappa shape index (κ1) is 29.1. The molecule has 6 atom stereocenters. The predicted octanol–water partition coefficient (Wildman–Crippen LogP) is 4.11. The van der Waals surface area contributed by atoms with Crippen LogP contribution in [-0.4, -0.2) is 59.3 Å². The molecule has 3 N–H and O–H groups in total. The van der Waals surface area contributed by atoms with Gasteiger partial charge in [-0.25, -0.2) is 8.78 Å². The number of nitriles is 1. The van der Waals surface area contributed by atoms with Crippen molar-refractivity contribution >= 4 is 35.0 Å². The summed E-state index contributed by atoms with van der Waals surface area (Å²) < 4.78 is 30.3. The number of amides is 3. The molecule has 3 aliphatic heterocycles. The molecule has 5 rings (SSSR count). The number of piperidine rings is 3. The number of nitrogens with zero attached hydrogens (tertiary/aromatic N) is 2. The van der Waals surface area contributed by atoms with Crippen molar-refractivity contribution in [3.8, 4) is 6.07 Å². The molecular formula is C28H36ClF2N5O3. The summed E-state index contributed by atoms with van der Waals surface area (Å²) in [6.45, 7) is 4.48. The molecule has 8 nitrogen and oxygen atoms in total. The zero-order valence-electron chi connectivity index (χ0n) is 22.3. The third-order valence-electron chi connectivity index (χ3n) is 8.02. The summed E-state index contributed by atoms with van der Waals surface area (Å²) in [7, 11) is 0. The third-order valence-corrected chi connectivity index (χ3v) is 8.26. The monoisotopic (exact) mass is 563 g/mol. The van der Waals surface area contributed by atoms with Gasteiger partial charge in [-0.15, -0.1) is 0 Å². The molecular weight excluding hydrogens is 528 g/mol. The van der Waals surface area contributed by atoms with Crippen LogP contribution in [0.3, 0.4) is 0 Å². The highest BCUT2D eigenvalue weighted by molar-refractivity contribution is 6.30. The smallest absolute Gasteiger partial charge is 0.255 e. The van der Waals surface area contributed by atoms with E-state index in [0.29, 0.717) is 36.5 Å². The lowest BCUT2D eigenvalue weighted by Gasteiger charge is -2.54.